The van der Waals surface area contributed by atoms with Crippen molar-refractivity contribution in [2.24, 2.45) is 0 Å². The summed E-state index contributed by atoms with van der Waals surface area (Å²) >= 11 is 0. The van der Waals surface area contributed by atoms with Crippen LogP contribution in [0.2, 0.25) is 0 Å². The minimum absolute atomic E-state index is 0.0775. The van der Waals surface area contributed by atoms with Crippen LogP contribution in [0.25, 0.3) is 0 Å². The van der Waals surface area contributed by atoms with Crippen LogP contribution in [0.5, 0.6) is 0 Å². The Labute approximate surface area is 596 Å². The van der Waals surface area contributed by atoms with E-state index in [-0.39, 0.29) is 25.7 Å². The third kappa shape index (κ3) is 70.9. The largest absolute Gasteiger partial charge is 0.472 e. The monoisotopic (exact) mass is 1420 g/mol. The summed E-state index contributed by atoms with van der Waals surface area (Å²) in [6.45, 7) is 4.80. The molecule has 0 aromatic rings. The molecule has 19 heteroatoms. The molecule has 0 heterocycles. The predicted molar refractivity (Wildman–Crippen MR) is 400 cm³/mol. The first-order valence-electron chi connectivity index (χ1n) is 39.2. The van der Waals surface area contributed by atoms with Gasteiger partial charge < -0.3 is 33.8 Å². The maximum absolute atomic E-state index is 13.1. The molecule has 2 unspecified atom stereocenters. The summed E-state index contributed by atoms with van der Waals surface area (Å²) in [5.41, 5.74) is 0. The van der Waals surface area contributed by atoms with E-state index >= 15 is 0 Å². The number of phosphoric ester groups is 2. The summed E-state index contributed by atoms with van der Waals surface area (Å²) in [5, 5.41) is 10.6. The van der Waals surface area contributed by atoms with E-state index in [0.717, 1.165) is 161 Å². The van der Waals surface area contributed by atoms with E-state index in [0.29, 0.717) is 25.7 Å². The third-order valence-electron chi connectivity index (χ3n) is 16.6. The molecule has 0 aliphatic carbocycles. The zero-order chi connectivity index (χ0) is 71.8. The van der Waals surface area contributed by atoms with Gasteiger partial charge in [-0.25, -0.2) is 9.13 Å². The molecule has 0 radical (unpaired) electrons. The lowest BCUT2D eigenvalue weighted by molar-refractivity contribution is -0.161. The van der Waals surface area contributed by atoms with Crippen LogP contribution in [0.15, 0.2) is 72.9 Å². The van der Waals surface area contributed by atoms with Gasteiger partial charge in [0.05, 0.1) is 26.4 Å². The summed E-state index contributed by atoms with van der Waals surface area (Å²) in [7, 11) is -9.95. The molecule has 0 rings (SSSR count). The van der Waals surface area contributed by atoms with Crippen LogP contribution in [-0.2, 0) is 65.4 Å². The molecule has 17 nitrogen and oxygen atoms in total. The van der Waals surface area contributed by atoms with Gasteiger partial charge in [0.1, 0.15) is 19.3 Å². The Morgan fingerprint density at radius 3 is 0.857 bits per heavy atom. The first-order valence-corrected chi connectivity index (χ1v) is 42.2. The number of unbranched alkanes of at least 4 members (excludes halogenated alkanes) is 37. The van der Waals surface area contributed by atoms with Gasteiger partial charge in [-0.05, 0) is 135 Å². The van der Waals surface area contributed by atoms with Gasteiger partial charge in [0.15, 0.2) is 12.2 Å². The summed E-state index contributed by atoms with van der Waals surface area (Å²) in [4.78, 5) is 72.9. The van der Waals surface area contributed by atoms with Gasteiger partial charge in [-0.3, -0.25) is 37.3 Å². The Morgan fingerprint density at radius 1 is 0.296 bits per heavy atom. The molecule has 0 fully saturated rings. The number of ether oxygens (including phenoxy) is 4. The lowest BCUT2D eigenvalue weighted by atomic mass is 10.1. The van der Waals surface area contributed by atoms with Crippen molar-refractivity contribution in [1.82, 2.24) is 0 Å². The summed E-state index contributed by atoms with van der Waals surface area (Å²) in [6, 6.07) is 0. The number of carbonyl (C=O) groups excluding carboxylic acids is 4. The molecule has 5 atom stereocenters. The molecule has 570 valence electrons. The number of aliphatic hydroxyl groups is 1. The van der Waals surface area contributed by atoms with Crippen molar-refractivity contribution in [1.29, 1.82) is 0 Å². The highest BCUT2D eigenvalue weighted by Crippen LogP contribution is 2.45. The number of phosphoric acid groups is 2. The topological polar surface area (TPSA) is 237 Å². The van der Waals surface area contributed by atoms with Crippen LogP contribution < -0.4 is 0 Å². The molecule has 98 heavy (non-hydrogen) atoms. The fourth-order valence-corrected chi connectivity index (χ4v) is 12.2. The maximum atomic E-state index is 13.1. The second kappa shape index (κ2) is 71.9. The lowest BCUT2D eigenvalue weighted by Crippen LogP contribution is -2.30. The Hall–Kier alpha value is -3.50. The van der Waals surface area contributed by atoms with Crippen molar-refractivity contribution < 1.29 is 80.2 Å². The van der Waals surface area contributed by atoms with Crippen LogP contribution in [0, 0.1) is 0 Å². The van der Waals surface area contributed by atoms with E-state index in [9.17, 15) is 43.2 Å². The fraction of sp³-hybridized carbons (Fsp3) is 0.797. The Bertz CT molecular complexity index is 2140. The number of carbonyl (C=O) groups is 4. The highest BCUT2D eigenvalue weighted by molar-refractivity contribution is 7.47. The van der Waals surface area contributed by atoms with E-state index in [1.54, 1.807) is 0 Å². The van der Waals surface area contributed by atoms with Gasteiger partial charge in [0, 0.05) is 25.7 Å². The molecule has 0 aromatic heterocycles. The van der Waals surface area contributed by atoms with Crippen molar-refractivity contribution in [3.05, 3.63) is 72.9 Å². The van der Waals surface area contributed by atoms with Crippen LogP contribution in [-0.4, -0.2) is 96.7 Å². The second-order valence-corrected chi connectivity index (χ2v) is 29.2. The van der Waals surface area contributed by atoms with Gasteiger partial charge in [-0.15, -0.1) is 0 Å². The molecule has 0 spiro atoms. The van der Waals surface area contributed by atoms with Crippen LogP contribution in [0.4, 0.5) is 0 Å². The molecular weight excluding hydrogens is 1280 g/mol. The van der Waals surface area contributed by atoms with Crippen LogP contribution in [0.1, 0.15) is 349 Å². The number of rotatable bonds is 74. The van der Waals surface area contributed by atoms with Crippen molar-refractivity contribution in [3.63, 3.8) is 0 Å². The van der Waals surface area contributed by atoms with Gasteiger partial charge in [-0.1, -0.05) is 261 Å². The van der Waals surface area contributed by atoms with Crippen molar-refractivity contribution >= 4 is 39.5 Å². The predicted octanol–water partition coefficient (Wildman–Crippen LogP) is 22.4. The van der Waals surface area contributed by atoms with Crippen LogP contribution >= 0.6 is 15.6 Å². The van der Waals surface area contributed by atoms with Gasteiger partial charge >= 0.3 is 39.5 Å². The fourth-order valence-electron chi connectivity index (χ4n) is 10.6. The molecule has 0 bridgehead atoms. The first kappa shape index (κ1) is 94.5. The highest BCUT2D eigenvalue weighted by Gasteiger charge is 2.30. The molecule has 0 saturated carbocycles. The average Bonchev–Trinajstić information content (AvgIpc) is 1.04. The van der Waals surface area contributed by atoms with Crippen molar-refractivity contribution in [2.75, 3.05) is 39.6 Å². The second-order valence-electron chi connectivity index (χ2n) is 26.3. The number of hydrogen-bond donors (Lipinski definition) is 3. The Balaban J connectivity index is 5.37. The molecule has 3 N–H and O–H groups in total. The summed E-state index contributed by atoms with van der Waals surface area (Å²) in [5.74, 6) is -2.20. The molecule has 0 saturated heterocycles. The Kier molecular flexibility index (Phi) is 69.3. The lowest BCUT2D eigenvalue weighted by Gasteiger charge is -2.21. The zero-order valence-corrected chi connectivity index (χ0v) is 64.0. The minimum Gasteiger partial charge on any atom is -0.462 e. The van der Waals surface area contributed by atoms with E-state index < -0.39 is 97.5 Å². The normalized spacial score (nSPS) is 14.3. The number of allylic oxidation sites excluding steroid dienone is 12. The molecular formula is C79H142O17P2. The van der Waals surface area contributed by atoms with Gasteiger partial charge in [0.25, 0.3) is 0 Å². The van der Waals surface area contributed by atoms with E-state index in [2.05, 4.69) is 101 Å². The smallest absolute Gasteiger partial charge is 0.462 e. The zero-order valence-electron chi connectivity index (χ0n) is 62.2. The van der Waals surface area contributed by atoms with E-state index in [1.807, 2.05) is 0 Å². The third-order valence-corrected chi connectivity index (χ3v) is 18.5. The summed E-state index contributed by atoms with van der Waals surface area (Å²) < 4.78 is 68.5. The maximum Gasteiger partial charge on any atom is 0.472 e. The first-order chi connectivity index (χ1) is 47.7. The van der Waals surface area contributed by atoms with Gasteiger partial charge in [0.2, 0.25) is 0 Å². The number of esters is 4. The standard InChI is InChI=1S/C79H142O17P2/c1-5-9-13-17-21-25-29-33-36-40-44-48-52-56-60-64-77(82)90-70-75(96-79(84)66-62-58-54-50-46-42-38-35-31-27-23-19-15-11-7-3)72-94-98(87,88)92-68-73(80)67-91-97(85,86)93-71-74(69-89-76(81)63-59-55-51-47-43-39-32-28-24-20-16-12-8-4)95-78(83)65-61-57-53-49-45-41-37-34-30-26-22-18-14-10-6-2/h23,25,27-29,32-38,73-75,80H,5-22,24,26,30-31,39-72H2,1-4H3,(H,85,86)(H,87,88)/b27-23-,29-25-,32-28-,36-33-,37-34-,38-35-/t73-,74-,75-/m1/s1. The molecule has 0 aliphatic heterocycles. The highest BCUT2D eigenvalue weighted by atomic mass is 31.2. The number of aliphatic hydroxyl groups excluding tert-OH is 1. The van der Waals surface area contributed by atoms with E-state index in [1.165, 1.54) is 109 Å². The van der Waals surface area contributed by atoms with Crippen LogP contribution in [0.3, 0.4) is 0 Å². The quantitative estimate of drug-likeness (QED) is 0.0128. The SMILES string of the molecule is CCCCC/C=C\C/C=C\CCCCCCCC(=O)O[C@H](COC(=O)CCCCCCC/C=C\C=C/CCCCCC)COP(=O)(O)OC[C@H](O)COP(=O)(O)OC[C@@H](COC(=O)CCCCCCC/C=C\CCCCCC)OC(=O)CCCCCCC/C=C\CCCCCCCC. The van der Waals surface area contributed by atoms with Crippen molar-refractivity contribution in [2.45, 2.75) is 367 Å². The minimum atomic E-state index is -4.98. The molecule has 0 amide bonds. The average molecular weight is 1430 g/mol. The molecule has 0 aromatic carbocycles. The summed E-state index contributed by atoms with van der Waals surface area (Å²) in [6.07, 6.45) is 71.6. The molecule has 0 aliphatic rings. The van der Waals surface area contributed by atoms with Crippen molar-refractivity contribution in [3.8, 4) is 0 Å². The number of hydrogen-bond acceptors (Lipinski definition) is 15. The Morgan fingerprint density at radius 2 is 0.531 bits per heavy atom. The van der Waals surface area contributed by atoms with Gasteiger partial charge in [-0.2, -0.15) is 0 Å². The van der Waals surface area contributed by atoms with E-state index in [4.69, 9.17) is 37.0 Å².